The van der Waals surface area contributed by atoms with E-state index in [0.717, 1.165) is 30.0 Å². The molecule has 0 saturated heterocycles. The summed E-state index contributed by atoms with van der Waals surface area (Å²) in [6, 6.07) is 16.3. The first-order chi connectivity index (χ1) is 11.8. The Morgan fingerprint density at radius 1 is 0.920 bits per heavy atom. The van der Waals surface area contributed by atoms with E-state index in [4.69, 9.17) is 11.6 Å². The number of nitrogens with one attached hydrogen (secondary N) is 3. The van der Waals surface area contributed by atoms with Gasteiger partial charge < -0.3 is 16.0 Å². The largest absolute Gasteiger partial charge is 0.385 e. The van der Waals surface area contributed by atoms with Gasteiger partial charge in [-0.15, -0.1) is 0 Å². The number of fused-ring (bicyclic) bond motifs is 6. The maximum absolute atomic E-state index is 6.23. The predicted octanol–water partition coefficient (Wildman–Crippen LogP) is 5.22. The second kappa shape index (κ2) is 7.40. The molecule has 4 rings (SSSR count). The molecule has 1 aliphatic rings. The van der Waals surface area contributed by atoms with Gasteiger partial charge in [-0.2, -0.15) is 4.98 Å². The van der Waals surface area contributed by atoms with Gasteiger partial charge in [-0.05, 0) is 42.3 Å². The molecule has 0 amide bonds. The average Bonchev–Trinajstić information content (AvgIpc) is 2.58. The molecule has 0 spiro atoms. The Bertz CT molecular complexity index is 881. The van der Waals surface area contributed by atoms with Crippen LogP contribution in [0.15, 0.2) is 54.7 Å². The van der Waals surface area contributed by atoms with Crippen molar-refractivity contribution >= 4 is 40.4 Å². The molecule has 0 aliphatic carbocycles. The third kappa shape index (κ3) is 4.00. The molecular weight excluding hydrogens is 334 g/mol. The van der Waals surface area contributed by atoms with Gasteiger partial charge in [0.2, 0.25) is 5.95 Å². The Hall–Kier alpha value is -2.79. The first-order valence-corrected chi connectivity index (χ1v) is 8.13. The van der Waals surface area contributed by atoms with Gasteiger partial charge in [-0.3, -0.25) is 0 Å². The molecular formula is C19H20ClN5. The van der Waals surface area contributed by atoms with Crippen LogP contribution in [-0.4, -0.2) is 16.5 Å². The molecule has 0 radical (unpaired) electrons. The van der Waals surface area contributed by atoms with Crippen LogP contribution in [0.2, 0.25) is 5.02 Å². The van der Waals surface area contributed by atoms with Crippen LogP contribution >= 0.6 is 11.6 Å². The van der Waals surface area contributed by atoms with Crippen molar-refractivity contribution < 1.29 is 0 Å². The summed E-state index contributed by atoms with van der Waals surface area (Å²) in [5.74, 6) is 1.07. The molecule has 0 saturated carbocycles. The third-order valence-electron chi connectivity index (χ3n) is 3.80. The van der Waals surface area contributed by atoms with Gasteiger partial charge in [0.1, 0.15) is 5.02 Å². The van der Waals surface area contributed by atoms with E-state index in [1.165, 1.54) is 5.56 Å². The minimum atomic E-state index is 0. The third-order valence-corrected chi connectivity index (χ3v) is 4.07. The Kier molecular flexibility index (Phi) is 5.05. The minimum Gasteiger partial charge on any atom is -0.385 e. The van der Waals surface area contributed by atoms with Gasteiger partial charge in [0.15, 0.2) is 5.82 Å². The summed E-state index contributed by atoms with van der Waals surface area (Å²) in [7, 11) is 0. The number of rotatable bonds is 0. The molecule has 128 valence electrons. The van der Waals surface area contributed by atoms with E-state index in [9.17, 15) is 0 Å². The molecule has 0 atom stereocenters. The summed E-state index contributed by atoms with van der Waals surface area (Å²) in [6.45, 7) is 0.857. The van der Waals surface area contributed by atoms with Gasteiger partial charge >= 0.3 is 0 Å². The Morgan fingerprint density at radius 3 is 2.56 bits per heavy atom. The second-order valence-electron chi connectivity index (χ2n) is 5.60. The zero-order chi connectivity index (χ0) is 16.4. The highest BCUT2D eigenvalue weighted by molar-refractivity contribution is 6.32. The quantitative estimate of drug-likeness (QED) is 0.517. The molecule has 0 fully saturated rings. The van der Waals surface area contributed by atoms with Crippen molar-refractivity contribution in [2.24, 2.45) is 0 Å². The first-order valence-electron chi connectivity index (χ1n) is 7.76. The fourth-order valence-corrected chi connectivity index (χ4v) is 2.78. The lowest BCUT2D eigenvalue weighted by atomic mass is 10.1. The van der Waals surface area contributed by atoms with Crippen LogP contribution in [0.5, 0.6) is 0 Å². The topological polar surface area (TPSA) is 61.9 Å². The highest BCUT2D eigenvalue weighted by atomic mass is 35.5. The lowest BCUT2D eigenvalue weighted by Crippen LogP contribution is -2.07. The van der Waals surface area contributed by atoms with E-state index in [2.05, 4.69) is 38.1 Å². The van der Waals surface area contributed by atoms with Gasteiger partial charge in [0.05, 0.1) is 6.20 Å². The summed E-state index contributed by atoms with van der Waals surface area (Å²) in [6.07, 6.45) is 2.52. The molecule has 6 bridgehead atoms. The van der Waals surface area contributed by atoms with E-state index < -0.39 is 0 Å². The van der Waals surface area contributed by atoms with Gasteiger partial charge in [-0.25, -0.2) is 4.98 Å². The number of halogens is 1. The SMILES string of the molecule is C.Clc1cnc2nc1Nc1cccc(c1)CCNc1cccc(c1)N2. The fraction of sp³-hybridized carbons (Fsp3) is 0.158. The molecule has 1 aliphatic heterocycles. The molecule has 6 heteroatoms. The highest BCUT2D eigenvalue weighted by Crippen LogP contribution is 2.26. The van der Waals surface area contributed by atoms with Crippen molar-refractivity contribution in [3.8, 4) is 0 Å². The maximum Gasteiger partial charge on any atom is 0.229 e. The van der Waals surface area contributed by atoms with Crippen molar-refractivity contribution in [3.63, 3.8) is 0 Å². The van der Waals surface area contributed by atoms with Crippen LogP contribution in [0.1, 0.15) is 13.0 Å². The molecule has 5 nitrogen and oxygen atoms in total. The standard InChI is InChI=1S/C18H16ClN5.CH4/c19-16-11-21-18-23-15-6-2-4-13(10-15)20-8-7-12-3-1-5-14(9-12)22-17(16)24-18;/h1-6,9-11,20H,7-8H2,(H2,21,22,23,24);1H4. The summed E-state index contributed by atoms with van der Waals surface area (Å²) >= 11 is 6.23. The van der Waals surface area contributed by atoms with Crippen LogP contribution in [0.3, 0.4) is 0 Å². The van der Waals surface area contributed by atoms with E-state index in [0.29, 0.717) is 16.8 Å². The lowest BCUT2D eigenvalue weighted by Gasteiger charge is -2.14. The highest BCUT2D eigenvalue weighted by Gasteiger charge is 2.08. The molecule has 2 aromatic carbocycles. The maximum atomic E-state index is 6.23. The number of nitrogens with zero attached hydrogens (tertiary/aromatic N) is 2. The monoisotopic (exact) mass is 353 g/mol. The van der Waals surface area contributed by atoms with Crippen LogP contribution in [0.4, 0.5) is 28.8 Å². The number of aromatic nitrogens is 2. The van der Waals surface area contributed by atoms with E-state index >= 15 is 0 Å². The van der Waals surface area contributed by atoms with Crippen molar-refractivity contribution in [3.05, 3.63) is 65.3 Å². The number of hydrogen-bond donors (Lipinski definition) is 3. The molecule has 1 aromatic heterocycles. The lowest BCUT2D eigenvalue weighted by molar-refractivity contribution is 1.02. The minimum absolute atomic E-state index is 0. The summed E-state index contributed by atoms with van der Waals surface area (Å²) in [5.41, 5.74) is 4.17. The average molecular weight is 354 g/mol. The summed E-state index contributed by atoms with van der Waals surface area (Å²) in [4.78, 5) is 8.73. The van der Waals surface area contributed by atoms with Crippen LogP contribution in [0.25, 0.3) is 0 Å². The smallest absolute Gasteiger partial charge is 0.229 e. The number of benzene rings is 2. The predicted molar refractivity (Wildman–Crippen MR) is 105 cm³/mol. The van der Waals surface area contributed by atoms with Crippen molar-refractivity contribution in [1.29, 1.82) is 0 Å². The van der Waals surface area contributed by atoms with Crippen molar-refractivity contribution in [1.82, 2.24) is 9.97 Å². The van der Waals surface area contributed by atoms with Gasteiger partial charge in [0, 0.05) is 23.6 Å². The second-order valence-corrected chi connectivity index (χ2v) is 6.01. The summed E-state index contributed by atoms with van der Waals surface area (Å²) < 4.78 is 0. The zero-order valence-electron chi connectivity index (χ0n) is 12.9. The zero-order valence-corrected chi connectivity index (χ0v) is 13.6. The van der Waals surface area contributed by atoms with Crippen molar-refractivity contribution in [2.75, 3.05) is 22.5 Å². The summed E-state index contributed by atoms with van der Waals surface area (Å²) in [5, 5.41) is 10.4. The van der Waals surface area contributed by atoms with Crippen LogP contribution < -0.4 is 16.0 Å². The molecule has 3 N–H and O–H groups in total. The molecule has 3 aromatic rings. The molecule has 25 heavy (non-hydrogen) atoms. The van der Waals surface area contributed by atoms with E-state index in [-0.39, 0.29) is 7.43 Å². The van der Waals surface area contributed by atoms with Gasteiger partial charge in [-0.1, -0.05) is 37.2 Å². The number of hydrogen-bond acceptors (Lipinski definition) is 5. The Labute approximate surface area is 152 Å². The van der Waals surface area contributed by atoms with Gasteiger partial charge in [0.25, 0.3) is 0 Å². The fourth-order valence-electron chi connectivity index (χ4n) is 2.64. The Morgan fingerprint density at radius 2 is 1.68 bits per heavy atom. The van der Waals surface area contributed by atoms with E-state index in [1.54, 1.807) is 6.20 Å². The van der Waals surface area contributed by atoms with E-state index in [1.807, 2.05) is 36.4 Å². The molecule has 0 unspecified atom stereocenters. The number of anilines is 5. The van der Waals surface area contributed by atoms with Crippen LogP contribution in [-0.2, 0) is 6.42 Å². The van der Waals surface area contributed by atoms with Crippen molar-refractivity contribution in [2.45, 2.75) is 13.8 Å². The normalized spacial score (nSPS) is 12.5. The Balaban J connectivity index is 0.00000182. The first kappa shape index (κ1) is 17.0. The molecule has 2 heterocycles. The van der Waals surface area contributed by atoms with Crippen LogP contribution in [0, 0.1) is 0 Å².